The fourth-order valence-electron chi connectivity index (χ4n) is 1.76. The second-order valence-corrected chi connectivity index (χ2v) is 5.02. The number of hydrogen-bond acceptors (Lipinski definition) is 2. The molecule has 1 amide bonds. The smallest absolute Gasteiger partial charge is 0.259 e. The van der Waals surface area contributed by atoms with Gasteiger partial charge in [0.1, 0.15) is 5.75 Å². The molecule has 0 heterocycles. The number of amides is 1. The van der Waals surface area contributed by atoms with E-state index < -0.39 is 0 Å². The highest BCUT2D eigenvalue weighted by Gasteiger charge is 2.12. The summed E-state index contributed by atoms with van der Waals surface area (Å²) in [5.41, 5.74) is 1.33. The van der Waals surface area contributed by atoms with Crippen molar-refractivity contribution in [2.75, 3.05) is 11.9 Å². The quantitative estimate of drug-likeness (QED) is 0.891. The molecule has 0 atom stereocenters. The molecule has 0 radical (unpaired) electrons. The molecule has 0 saturated heterocycles. The van der Waals surface area contributed by atoms with E-state index in [0.29, 0.717) is 23.8 Å². The number of nitrogens with one attached hydrogen (secondary N) is 1. The zero-order chi connectivity index (χ0) is 14.4. The largest absolute Gasteiger partial charge is 0.492 e. The van der Waals surface area contributed by atoms with Crippen LogP contribution in [-0.4, -0.2) is 12.5 Å². The van der Waals surface area contributed by atoms with Crippen molar-refractivity contribution >= 4 is 11.6 Å². The predicted octanol–water partition coefficient (Wildman–Crippen LogP) is 3.97. The molecule has 0 fully saturated rings. The summed E-state index contributed by atoms with van der Waals surface area (Å²) in [5.74, 6) is 0.880. The van der Waals surface area contributed by atoms with Gasteiger partial charge in [0.25, 0.3) is 5.91 Å². The maximum atomic E-state index is 12.3. The van der Waals surface area contributed by atoms with Crippen molar-refractivity contribution in [1.29, 1.82) is 0 Å². The average molecular weight is 269 g/mol. The van der Waals surface area contributed by atoms with Crippen molar-refractivity contribution in [2.45, 2.75) is 13.8 Å². The fourth-order valence-corrected chi connectivity index (χ4v) is 1.76. The van der Waals surface area contributed by atoms with E-state index in [1.807, 2.05) is 48.5 Å². The number of carbonyl (C=O) groups is 1. The number of para-hydroxylation sites is 2. The molecule has 0 bridgehead atoms. The van der Waals surface area contributed by atoms with Crippen molar-refractivity contribution < 1.29 is 9.53 Å². The molecule has 0 spiro atoms. The van der Waals surface area contributed by atoms with E-state index in [1.165, 1.54) is 0 Å². The molecule has 0 aliphatic heterocycles. The Morgan fingerprint density at radius 3 is 2.40 bits per heavy atom. The van der Waals surface area contributed by atoms with Crippen LogP contribution in [0.1, 0.15) is 24.2 Å². The minimum Gasteiger partial charge on any atom is -0.492 e. The number of benzene rings is 2. The summed E-state index contributed by atoms with van der Waals surface area (Å²) in [5, 5.41) is 2.87. The van der Waals surface area contributed by atoms with E-state index in [0.717, 1.165) is 5.69 Å². The third-order valence-electron chi connectivity index (χ3n) is 2.74. The van der Waals surface area contributed by atoms with Crippen molar-refractivity contribution in [3.63, 3.8) is 0 Å². The summed E-state index contributed by atoms with van der Waals surface area (Å²) in [6, 6.07) is 16.7. The summed E-state index contributed by atoms with van der Waals surface area (Å²) < 4.78 is 5.70. The lowest BCUT2D eigenvalue weighted by Gasteiger charge is -2.13. The lowest BCUT2D eigenvalue weighted by molar-refractivity contribution is 0.102. The summed E-state index contributed by atoms with van der Waals surface area (Å²) >= 11 is 0. The first-order valence-corrected chi connectivity index (χ1v) is 6.75. The monoisotopic (exact) mass is 269 g/mol. The number of rotatable bonds is 5. The average Bonchev–Trinajstić information content (AvgIpc) is 2.46. The van der Waals surface area contributed by atoms with Crippen LogP contribution in [0, 0.1) is 5.92 Å². The lowest BCUT2D eigenvalue weighted by Crippen LogP contribution is -2.14. The molecule has 20 heavy (non-hydrogen) atoms. The Kier molecular flexibility index (Phi) is 4.77. The van der Waals surface area contributed by atoms with Gasteiger partial charge in [-0.25, -0.2) is 0 Å². The molecule has 0 aliphatic carbocycles. The first kappa shape index (κ1) is 14.1. The van der Waals surface area contributed by atoms with Gasteiger partial charge in [0.05, 0.1) is 12.2 Å². The Morgan fingerprint density at radius 1 is 1.05 bits per heavy atom. The summed E-state index contributed by atoms with van der Waals surface area (Å²) in [4.78, 5) is 12.3. The van der Waals surface area contributed by atoms with Gasteiger partial charge in [0.15, 0.2) is 0 Å². The van der Waals surface area contributed by atoms with Crippen LogP contribution in [0.2, 0.25) is 0 Å². The van der Waals surface area contributed by atoms with Gasteiger partial charge < -0.3 is 10.1 Å². The molecule has 0 aromatic heterocycles. The predicted molar refractivity (Wildman–Crippen MR) is 81.2 cm³/mol. The van der Waals surface area contributed by atoms with Crippen LogP contribution < -0.4 is 10.1 Å². The Hall–Kier alpha value is -2.29. The molecule has 0 aliphatic rings. The zero-order valence-corrected chi connectivity index (χ0v) is 11.8. The van der Waals surface area contributed by atoms with Crippen LogP contribution in [0.5, 0.6) is 5.75 Å². The van der Waals surface area contributed by atoms with Crippen LogP contribution in [0.3, 0.4) is 0 Å². The molecule has 2 aromatic rings. The Morgan fingerprint density at radius 2 is 1.70 bits per heavy atom. The van der Waals surface area contributed by atoms with E-state index in [1.54, 1.807) is 6.07 Å². The third kappa shape index (κ3) is 3.85. The van der Waals surface area contributed by atoms with E-state index >= 15 is 0 Å². The highest BCUT2D eigenvalue weighted by atomic mass is 16.5. The van der Waals surface area contributed by atoms with Gasteiger partial charge in [0, 0.05) is 5.69 Å². The molecule has 3 nitrogen and oxygen atoms in total. The lowest BCUT2D eigenvalue weighted by atomic mass is 10.1. The first-order valence-electron chi connectivity index (χ1n) is 6.75. The maximum absolute atomic E-state index is 12.3. The highest BCUT2D eigenvalue weighted by molar-refractivity contribution is 6.06. The van der Waals surface area contributed by atoms with Crippen molar-refractivity contribution in [3.05, 3.63) is 60.2 Å². The molecule has 104 valence electrons. The Labute approximate surface area is 119 Å². The van der Waals surface area contributed by atoms with E-state index in [9.17, 15) is 4.79 Å². The van der Waals surface area contributed by atoms with Crippen LogP contribution in [-0.2, 0) is 0 Å². The number of hydrogen-bond donors (Lipinski definition) is 1. The van der Waals surface area contributed by atoms with E-state index in [4.69, 9.17) is 4.74 Å². The summed E-state index contributed by atoms with van der Waals surface area (Å²) in [7, 11) is 0. The van der Waals surface area contributed by atoms with Crippen molar-refractivity contribution in [3.8, 4) is 5.75 Å². The van der Waals surface area contributed by atoms with Gasteiger partial charge in [-0.2, -0.15) is 0 Å². The van der Waals surface area contributed by atoms with Gasteiger partial charge >= 0.3 is 0 Å². The second-order valence-electron chi connectivity index (χ2n) is 5.02. The minimum absolute atomic E-state index is 0.157. The molecule has 2 rings (SSSR count). The number of ether oxygens (including phenoxy) is 1. The van der Waals surface area contributed by atoms with Crippen LogP contribution >= 0.6 is 0 Å². The van der Waals surface area contributed by atoms with E-state index in [-0.39, 0.29) is 5.91 Å². The fraction of sp³-hybridized carbons (Fsp3) is 0.235. The molecular formula is C17H19NO2. The molecule has 2 aromatic carbocycles. The highest BCUT2D eigenvalue weighted by Crippen LogP contribution is 2.20. The second kappa shape index (κ2) is 6.75. The molecule has 0 saturated carbocycles. The third-order valence-corrected chi connectivity index (χ3v) is 2.74. The SMILES string of the molecule is CC(C)COc1ccccc1C(=O)Nc1ccccc1. The van der Waals surface area contributed by atoms with Gasteiger partial charge in [-0.15, -0.1) is 0 Å². The molecule has 1 N–H and O–H groups in total. The van der Waals surface area contributed by atoms with Crippen LogP contribution in [0.4, 0.5) is 5.69 Å². The topological polar surface area (TPSA) is 38.3 Å². The normalized spacial score (nSPS) is 10.3. The Balaban J connectivity index is 2.13. The van der Waals surface area contributed by atoms with Crippen LogP contribution in [0.15, 0.2) is 54.6 Å². The standard InChI is InChI=1S/C17H19NO2/c1-13(2)12-20-16-11-7-6-10-15(16)17(19)18-14-8-4-3-5-9-14/h3-11,13H,12H2,1-2H3,(H,18,19). The Bertz CT molecular complexity index is 564. The molecule has 3 heteroatoms. The summed E-state index contributed by atoms with van der Waals surface area (Å²) in [6.45, 7) is 4.74. The number of anilines is 1. The van der Waals surface area contributed by atoms with Gasteiger partial charge in [-0.1, -0.05) is 44.2 Å². The number of carbonyl (C=O) groups excluding carboxylic acids is 1. The molecule has 0 unspecified atom stereocenters. The minimum atomic E-state index is -0.157. The molecular weight excluding hydrogens is 250 g/mol. The van der Waals surface area contributed by atoms with Crippen molar-refractivity contribution in [1.82, 2.24) is 0 Å². The van der Waals surface area contributed by atoms with E-state index in [2.05, 4.69) is 19.2 Å². The van der Waals surface area contributed by atoms with Gasteiger partial charge in [-0.3, -0.25) is 4.79 Å². The summed E-state index contributed by atoms with van der Waals surface area (Å²) in [6.07, 6.45) is 0. The van der Waals surface area contributed by atoms with Crippen LogP contribution in [0.25, 0.3) is 0 Å². The van der Waals surface area contributed by atoms with Crippen molar-refractivity contribution in [2.24, 2.45) is 5.92 Å². The zero-order valence-electron chi connectivity index (χ0n) is 11.8. The van der Waals surface area contributed by atoms with Gasteiger partial charge in [0.2, 0.25) is 0 Å². The van der Waals surface area contributed by atoms with Gasteiger partial charge in [-0.05, 0) is 30.2 Å². The first-order chi connectivity index (χ1) is 9.66. The maximum Gasteiger partial charge on any atom is 0.259 e.